The molecule has 0 unspecified atom stereocenters. The highest BCUT2D eigenvalue weighted by molar-refractivity contribution is 5.97. The van der Waals surface area contributed by atoms with E-state index in [1.807, 2.05) is 0 Å². The Morgan fingerprint density at radius 3 is 2.71 bits per heavy atom. The van der Waals surface area contributed by atoms with Crippen molar-refractivity contribution < 1.29 is 14.0 Å². The fraction of sp³-hybridized carbons (Fsp3) is 0.111. The molecule has 0 fully saturated rings. The van der Waals surface area contributed by atoms with Gasteiger partial charge < -0.3 is 15.3 Å². The summed E-state index contributed by atoms with van der Waals surface area (Å²) in [5, 5.41) is 4.36. The van der Waals surface area contributed by atoms with Crippen LogP contribution < -0.4 is 10.5 Å². The quantitative estimate of drug-likeness (QED) is 0.444. The Kier molecular flexibility index (Phi) is 4.56. The van der Waals surface area contributed by atoms with E-state index >= 15 is 0 Å². The average Bonchev–Trinajstić information content (AvgIpc) is 2.64. The molecule has 0 saturated carbocycles. The molecular weight excluding hydrogens is 309 g/mol. The first kappa shape index (κ1) is 15.7. The molecule has 3 rings (SSSR count). The fourth-order valence-corrected chi connectivity index (χ4v) is 2.30. The van der Waals surface area contributed by atoms with Crippen molar-refractivity contribution in [3.63, 3.8) is 0 Å². The van der Waals surface area contributed by atoms with Gasteiger partial charge in [-0.25, -0.2) is 4.39 Å². The van der Waals surface area contributed by atoms with Crippen LogP contribution in [0.15, 0.2) is 59.9 Å². The topological polar surface area (TPSA) is 69.7 Å². The molecule has 0 aliphatic rings. The number of amidine groups is 1. The van der Waals surface area contributed by atoms with Gasteiger partial charge in [0, 0.05) is 22.7 Å². The van der Waals surface area contributed by atoms with Gasteiger partial charge in [-0.3, -0.25) is 4.98 Å². The minimum absolute atomic E-state index is 0.144. The zero-order chi connectivity index (χ0) is 16.9. The number of hydrogen-bond donors (Lipinski definition) is 1. The third-order valence-electron chi connectivity index (χ3n) is 3.57. The maximum absolute atomic E-state index is 13.8. The van der Waals surface area contributed by atoms with Crippen LogP contribution in [0.1, 0.15) is 11.1 Å². The van der Waals surface area contributed by atoms with Crippen LogP contribution in [-0.4, -0.2) is 17.9 Å². The Hall–Kier alpha value is -3.15. The predicted octanol–water partition coefficient (Wildman–Crippen LogP) is 3.22. The molecule has 6 heteroatoms. The normalized spacial score (nSPS) is 11.5. The van der Waals surface area contributed by atoms with Crippen LogP contribution in [-0.2, 0) is 11.4 Å². The fourth-order valence-electron chi connectivity index (χ4n) is 2.30. The monoisotopic (exact) mass is 325 g/mol. The van der Waals surface area contributed by atoms with Gasteiger partial charge in [0.05, 0.1) is 12.6 Å². The van der Waals surface area contributed by atoms with E-state index in [1.54, 1.807) is 55.8 Å². The SMILES string of the molecule is COc1ccc(/C(N)=N/OCc2ccc(F)c3cccnc23)cc1. The summed E-state index contributed by atoms with van der Waals surface area (Å²) >= 11 is 0. The van der Waals surface area contributed by atoms with Gasteiger partial charge in [-0.15, -0.1) is 0 Å². The molecule has 0 saturated heterocycles. The first-order valence-electron chi connectivity index (χ1n) is 7.31. The number of pyridine rings is 1. The van der Waals surface area contributed by atoms with Gasteiger partial charge in [0.1, 0.15) is 18.2 Å². The highest BCUT2D eigenvalue weighted by Crippen LogP contribution is 2.20. The second kappa shape index (κ2) is 6.95. The van der Waals surface area contributed by atoms with Crippen molar-refractivity contribution in [3.8, 4) is 5.75 Å². The highest BCUT2D eigenvalue weighted by Gasteiger charge is 2.07. The Labute approximate surface area is 138 Å². The summed E-state index contributed by atoms with van der Waals surface area (Å²) in [5.74, 6) is 0.663. The first-order chi connectivity index (χ1) is 11.7. The molecule has 0 spiro atoms. The van der Waals surface area contributed by atoms with E-state index in [-0.39, 0.29) is 18.3 Å². The summed E-state index contributed by atoms with van der Waals surface area (Å²) in [6, 6.07) is 13.5. The second-order valence-electron chi connectivity index (χ2n) is 5.08. The lowest BCUT2D eigenvalue weighted by molar-refractivity contribution is 0.131. The van der Waals surface area contributed by atoms with Crippen LogP contribution in [0.2, 0.25) is 0 Å². The van der Waals surface area contributed by atoms with Gasteiger partial charge in [0.2, 0.25) is 0 Å². The Morgan fingerprint density at radius 1 is 1.17 bits per heavy atom. The molecule has 0 radical (unpaired) electrons. The summed E-state index contributed by atoms with van der Waals surface area (Å²) in [4.78, 5) is 9.51. The lowest BCUT2D eigenvalue weighted by Gasteiger charge is -2.06. The molecule has 0 aliphatic carbocycles. The molecule has 2 aromatic carbocycles. The van der Waals surface area contributed by atoms with Crippen molar-refractivity contribution >= 4 is 16.7 Å². The van der Waals surface area contributed by atoms with E-state index < -0.39 is 0 Å². The zero-order valence-corrected chi connectivity index (χ0v) is 13.1. The summed E-state index contributed by atoms with van der Waals surface area (Å²) in [7, 11) is 1.59. The number of rotatable bonds is 5. The van der Waals surface area contributed by atoms with E-state index in [1.165, 1.54) is 6.07 Å². The lowest BCUT2D eigenvalue weighted by Crippen LogP contribution is -2.13. The standard InChI is InChI=1S/C18H16FN3O2/c1-23-14-7-4-12(5-8-14)18(20)22-24-11-13-6-9-16(19)15-3-2-10-21-17(13)15/h2-10H,11H2,1H3,(H2,20,22). The third kappa shape index (κ3) is 3.27. The minimum Gasteiger partial charge on any atom is -0.497 e. The van der Waals surface area contributed by atoms with Gasteiger partial charge in [-0.1, -0.05) is 11.2 Å². The molecule has 5 nitrogen and oxygen atoms in total. The number of halogens is 1. The summed E-state index contributed by atoms with van der Waals surface area (Å²) in [5.41, 5.74) is 7.90. The summed E-state index contributed by atoms with van der Waals surface area (Å²) in [6.07, 6.45) is 1.61. The zero-order valence-electron chi connectivity index (χ0n) is 13.1. The summed E-state index contributed by atoms with van der Waals surface area (Å²) < 4.78 is 18.9. The molecule has 0 bridgehead atoms. The Bertz CT molecular complexity index is 879. The number of fused-ring (bicyclic) bond motifs is 1. The van der Waals surface area contributed by atoms with Crippen LogP contribution in [0.5, 0.6) is 5.75 Å². The van der Waals surface area contributed by atoms with E-state index in [4.69, 9.17) is 15.3 Å². The molecule has 0 atom stereocenters. The number of aromatic nitrogens is 1. The number of benzene rings is 2. The number of ether oxygens (including phenoxy) is 1. The molecule has 3 aromatic rings. The van der Waals surface area contributed by atoms with Crippen LogP contribution in [0.4, 0.5) is 4.39 Å². The van der Waals surface area contributed by atoms with Crippen molar-refractivity contribution in [1.29, 1.82) is 0 Å². The van der Waals surface area contributed by atoms with Gasteiger partial charge in [-0.05, 0) is 42.5 Å². The van der Waals surface area contributed by atoms with E-state index in [0.29, 0.717) is 10.9 Å². The Balaban J connectivity index is 1.75. The van der Waals surface area contributed by atoms with Crippen molar-refractivity contribution in [1.82, 2.24) is 4.98 Å². The predicted molar refractivity (Wildman–Crippen MR) is 90.2 cm³/mol. The molecular formula is C18H16FN3O2. The number of hydrogen-bond acceptors (Lipinski definition) is 4. The second-order valence-corrected chi connectivity index (χ2v) is 5.08. The smallest absolute Gasteiger partial charge is 0.170 e. The van der Waals surface area contributed by atoms with Crippen LogP contribution in [0, 0.1) is 5.82 Å². The molecule has 1 heterocycles. The van der Waals surface area contributed by atoms with Crippen molar-refractivity contribution in [2.24, 2.45) is 10.9 Å². The molecule has 0 amide bonds. The molecule has 0 aliphatic heterocycles. The van der Waals surface area contributed by atoms with E-state index in [2.05, 4.69) is 10.1 Å². The molecule has 122 valence electrons. The Morgan fingerprint density at radius 2 is 1.96 bits per heavy atom. The van der Waals surface area contributed by atoms with Crippen molar-refractivity contribution in [2.45, 2.75) is 6.61 Å². The maximum Gasteiger partial charge on any atom is 0.170 e. The van der Waals surface area contributed by atoms with Crippen LogP contribution in [0.25, 0.3) is 10.9 Å². The third-order valence-corrected chi connectivity index (χ3v) is 3.57. The molecule has 24 heavy (non-hydrogen) atoms. The lowest BCUT2D eigenvalue weighted by atomic mass is 10.1. The van der Waals surface area contributed by atoms with E-state index in [0.717, 1.165) is 16.9 Å². The van der Waals surface area contributed by atoms with Gasteiger partial charge in [-0.2, -0.15) is 0 Å². The highest BCUT2D eigenvalue weighted by atomic mass is 19.1. The van der Waals surface area contributed by atoms with E-state index in [9.17, 15) is 4.39 Å². The molecule has 1 aromatic heterocycles. The van der Waals surface area contributed by atoms with Gasteiger partial charge in [0.25, 0.3) is 0 Å². The maximum atomic E-state index is 13.8. The van der Waals surface area contributed by atoms with Crippen LogP contribution in [0.3, 0.4) is 0 Å². The van der Waals surface area contributed by atoms with Crippen molar-refractivity contribution in [2.75, 3.05) is 7.11 Å². The molecule has 2 N–H and O–H groups in total. The van der Waals surface area contributed by atoms with Gasteiger partial charge >= 0.3 is 0 Å². The average molecular weight is 325 g/mol. The number of nitrogens with two attached hydrogens (primary N) is 1. The number of oxime groups is 1. The largest absolute Gasteiger partial charge is 0.497 e. The summed E-state index contributed by atoms with van der Waals surface area (Å²) in [6.45, 7) is 0.144. The van der Waals surface area contributed by atoms with Crippen LogP contribution >= 0.6 is 0 Å². The number of nitrogens with zero attached hydrogens (tertiary/aromatic N) is 2. The minimum atomic E-state index is -0.317. The van der Waals surface area contributed by atoms with Crippen molar-refractivity contribution in [3.05, 3.63) is 71.7 Å². The number of methoxy groups -OCH3 is 1. The first-order valence-corrected chi connectivity index (χ1v) is 7.31. The van der Waals surface area contributed by atoms with Gasteiger partial charge in [0.15, 0.2) is 5.84 Å².